The van der Waals surface area contributed by atoms with Crippen molar-refractivity contribution in [1.29, 1.82) is 0 Å². The Labute approximate surface area is 99.7 Å². The third-order valence-corrected chi connectivity index (χ3v) is 3.75. The van der Waals surface area contributed by atoms with Crippen molar-refractivity contribution in [2.75, 3.05) is 0 Å². The molecule has 0 amide bonds. The molecule has 0 aliphatic heterocycles. The van der Waals surface area contributed by atoms with Crippen LogP contribution in [0.2, 0.25) is 0 Å². The van der Waals surface area contributed by atoms with Crippen molar-refractivity contribution in [3.63, 3.8) is 0 Å². The second-order valence-corrected chi connectivity index (χ2v) is 5.96. The molecular weight excluding hydrogens is 291 g/mol. The molecule has 0 nitrogen and oxygen atoms in total. The van der Waals surface area contributed by atoms with Gasteiger partial charge in [0.25, 0.3) is 0 Å². The maximum Gasteiger partial charge on any atom is 0.0397 e. The summed E-state index contributed by atoms with van der Waals surface area (Å²) >= 11 is 4.14. The molecule has 0 fully saturated rings. The first-order chi connectivity index (χ1) is 6.04. The molecule has 0 N–H and O–H groups in total. The van der Waals surface area contributed by atoms with E-state index in [2.05, 4.69) is 56.5 Å². The Hall–Kier alpha value is 0.300. The number of allylic oxidation sites excluding steroid dienone is 3. The van der Waals surface area contributed by atoms with Crippen molar-refractivity contribution in [2.24, 2.45) is 5.92 Å². The summed E-state index contributed by atoms with van der Waals surface area (Å²) in [5.74, 6) is 0.539. The van der Waals surface area contributed by atoms with E-state index in [1.165, 1.54) is 10.5 Å². The average Bonchev–Trinajstić information content (AvgIpc) is 2.03. The van der Waals surface area contributed by atoms with Crippen LogP contribution in [0.3, 0.4) is 0 Å². The molecule has 0 aliphatic carbocycles. The number of thioether (sulfide) groups is 1. The molecule has 0 aromatic carbocycles. The van der Waals surface area contributed by atoms with E-state index in [1.807, 2.05) is 11.5 Å². The Bertz CT molecular complexity index is 214. The van der Waals surface area contributed by atoms with Crippen LogP contribution in [0.25, 0.3) is 0 Å². The van der Waals surface area contributed by atoms with Gasteiger partial charge in [0.15, 0.2) is 0 Å². The molecule has 0 aromatic rings. The molecule has 0 bridgehead atoms. The summed E-state index contributed by atoms with van der Waals surface area (Å²) in [5, 5.41) is 1.89. The van der Waals surface area contributed by atoms with Crippen molar-refractivity contribution < 1.29 is 0 Å². The van der Waals surface area contributed by atoms with Crippen LogP contribution in [0.15, 0.2) is 35.1 Å². The van der Waals surface area contributed by atoms with Crippen molar-refractivity contribution in [2.45, 2.75) is 24.7 Å². The van der Waals surface area contributed by atoms with E-state index in [0.717, 1.165) is 0 Å². The Morgan fingerprint density at radius 3 is 2.08 bits per heavy atom. The molecule has 0 radical (unpaired) electrons. The third kappa shape index (κ3) is 4.36. The molecule has 74 valence electrons. The summed E-state index contributed by atoms with van der Waals surface area (Å²) in [6.07, 6.45) is 1.96. The van der Waals surface area contributed by atoms with E-state index in [0.29, 0.717) is 9.84 Å². The smallest absolute Gasteiger partial charge is 0.0397 e. The van der Waals surface area contributed by atoms with Gasteiger partial charge in [-0.1, -0.05) is 55.7 Å². The first kappa shape index (κ1) is 13.3. The largest absolute Gasteiger partial charge is 0.102 e. The molecule has 0 aliphatic rings. The standard InChI is InChI=1S/C11H17IS/c1-6-10(8(3)4)11(9(5)12)13-7-2/h6-9H,1-2H2,3-5H3/b11-10+. The van der Waals surface area contributed by atoms with Crippen LogP contribution >= 0.6 is 34.4 Å². The molecule has 13 heavy (non-hydrogen) atoms. The highest BCUT2D eigenvalue weighted by Crippen LogP contribution is 2.32. The minimum atomic E-state index is 0.524. The monoisotopic (exact) mass is 308 g/mol. The fourth-order valence-corrected chi connectivity index (χ4v) is 2.72. The lowest BCUT2D eigenvalue weighted by atomic mass is 10.0. The SMILES string of the molecule is C=CS/C(=C(\C=C)C(C)C)C(C)I. The summed E-state index contributed by atoms with van der Waals surface area (Å²) in [5.41, 5.74) is 1.34. The van der Waals surface area contributed by atoms with Crippen molar-refractivity contribution >= 4 is 34.4 Å². The van der Waals surface area contributed by atoms with Gasteiger partial charge in [-0.25, -0.2) is 0 Å². The Balaban J connectivity index is 4.99. The van der Waals surface area contributed by atoms with Gasteiger partial charge in [-0.05, 0) is 23.8 Å². The van der Waals surface area contributed by atoms with Gasteiger partial charge in [0, 0.05) is 8.83 Å². The Morgan fingerprint density at radius 1 is 1.31 bits per heavy atom. The normalized spacial score (nSPS) is 15.2. The summed E-state index contributed by atoms with van der Waals surface area (Å²) in [4.78, 5) is 1.38. The third-order valence-electron chi connectivity index (χ3n) is 1.70. The number of hydrogen-bond acceptors (Lipinski definition) is 1. The molecule has 0 rings (SSSR count). The lowest BCUT2D eigenvalue weighted by molar-refractivity contribution is 0.785. The van der Waals surface area contributed by atoms with Crippen molar-refractivity contribution in [3.8, 4) is 0 Å². The van der Waals surface area contributed by atoms with E-state index in [4.69, 9.17) is 0 Å². The second kappa shape index (κ2) is 6.71. The van der Waals surface area contributed by atoms with E-state index in [1.54, 1.807) is 11.8 Å². The molecule has 0 aromatic heterocycles. The maximum atomic E-state index is 3.86. The molecule has 1 atom stereocenters. The maximum absolute atomic E-state index is 3.86. The Kier molecular flexibility index (Phi) is 6.86. The van der Waals surface area contributed by atoms with Gasteiger partial charge in [0.1, 0.15) is 0 Å². The first-order valence-electron chi connectivity index (χ1n) is 4.32. The molecular formula is C11H17IS. The predicted octanol–water partition coefficient (Wildman–Crippen LogP) is 4.78. The van der Waals surface area contributed by atoms with Gasteiger partial charge < -0.3 is 0 Å². The van der Waals surface area contributed by atoms with E-state index in [-0.39, 0.29) is 0 Å². The number of alkyl halides is 1. The summed E-state index contributed by atoms with van der Waals surface area (Å²) in [6, 6.07) is 0. The van der Waals surface area contributed by atoms with E-state index >= 15 is 0 Å². The lowest BCUT2D eigenvalue weighted by Gasteiger charge is -2.15. The van der Waals surface area contributed by atoms with Gasteiger partial charge in [-0.3, -0.25) is 0 Å². The molecule has 0 heterocycles. The minimum absolute atomic E-state index is 0.524. The van der Waals surface area contributed by atoms with Gasteiger partial charge in [0.05, 0.1) is 0 Å². The zero-order valence-corrected chi connectivity index (χ0v) is 11.5. The second-order valence-electron chi connectivity index (χ2n) is 3.08. The highest BCUT2D eigenvalue weighted by atomic mass is 127. The zero-order valence-electron chi connectivity index (χ0n) is 8.51. The van der Waals surface area contributed by atoms with Crippen LogP contribution < -0.4 is 0 Å². The quantitative estimate of drug-likeness (QED) is 0.400. The van der Waals surface area contributed by atoms with Crippen molar-refractivity contribution in [1.82, 2.24) is 0 Å². The average molecular weight is 308 g/mol. The van der Waals surface area contributed by atoms with E-state index < -0.39 is 0 Å². The van der Waals surface area contributed by atoms with Crippen LogP contribution in [0.4, 0.5) is 0 Å². The van der Waals surface area contributed by atoms with Crippen molar-refractivity contribution in [3.05, 3.63) is 35.1 Å². The van der Waals surface area contributed by atoms with Gasteiger partial charge >= 0.3 is 0 Å². The van der Waals surface area contributed by atoms with Crippen LogP contribution in [0, 0.1) is 5.92 Å². The van der Waals surface area contributed by atoms with Crippen LogP contribution in [-0.4, -0.2) is 3.92 Å². The van der Waals surface area contributed by atoms with Gasteiger partial charge in [-0.15, -0.1) is 11.8 Å². The highest BCUT2D eigenvalue weighted by molar-refractivity contribution is 14.1. The molecule has 0 spiro atoms. The minimum Gasteiger partial charge on any atom is -0.102 e. The molecule has 1 unspecified atom stereocenters. The fourth-order valence-electron chi connectivity index (χ4n) is 1.10. The Morgan fingerprint density at radius 2 is 1.85 bits per heavy atom. The summed E-state index contributed by atoms with van der Waals surface area (Å²) < 4.78 is 0.524. The predicted molar refractivity (Wildman–Crippen MR) is 73.3 cm³/mol. The first-order valence-corrected chi connectivity index (χ1v) is 6.45. The van der Waals surface area contributed by atoms with Crippen LogP contribution in [0.5, 0.6) is 0 Å². The zero-order chi connectivity index (χ0) is 10.4. The fraction of sp³-hybridized carbons (Fsp3) is 0.455. The highest BCUT2D eigenvalue weighted by Gasteiger charge is 2.11. The number of halogens is 1. The number of hydrogen-bond donors (Lipinski definition) is 0. The topological polar surface area (TPSA) is 0 Å². The lowest BCUT2D eigenvalue weighted by Crippen LogP contribution is -2.01. The molecule has 2 heteroatoms. The summed E-state index contributed by atoms with van der Waals surface area (Å²) in [6.45, 7) is 14.2. The molecule has 0 saturated heterocycles. The summed E-state index contributed by atoms with van der Waals surface area (Å²) in [7, 11) is 0. The van der Waals surface area contributed by atoms with Crippen LogP contribution in [0.1, 0.15) is 20.8 Å². The van der Waals surface area contributed by atoms with Crippen LogP contribution in [-0.2, 0) is 0 Å². The number of rotatable bonds is 5. The van der Waals surface area contributed by atoms with Gasteiger partial charge in [-0.2, -0.15) is 0 Å². The van der Waals surface area contributed by atoms with Gasteiger partial charge in [0.2, 0.25) is 0 Å². The van der Waals surface area contributed by atoms with E-state index in [9.17, 15) is 0 Å². The molecule has 0 saturated carbocycles.